The molecular weight excluding hydrogens is 254 g/mol. The molecule has 1 amide bonds. The maximum Gasteiger partial charge on any atom is 0.220 e. The van der Waals surface area contributed by atoms with Crippen LogP contribution in [0.5, 0.6) is 0 Å². The highest BCUT2D eigenvalue weighted by Gasteiger charge is 2.34. The smallest absolute Gasteiger partial charge is 0.220 e. The summed E-state index contributed by atoms with van der Waals surface area (Å²) in [6.07, 6.45) is 2.87. The van der Waals surface area contributed by atoms with Gasteiger partial charge in [0.2, 0.25) is 5.91 Å². The van der Waals surface area contributed by atoms with E-state index in [1.54, 1.807) is 12.1 Å². The van der Waals surface area contributed by atoms with E-state index >= 15 is 0 Å². The van der Waals surface area contributed by atoms with Crippen LogP contribution in [0, 0.1) is 6.92 Å². The number of carbonyl (C=O) groups excluding carboxylic acids is 2. The second-order valence-electron chi connectivity index (χ2n) is 5.64. The fraction of sp³-hybridized carbons (Fsp3) is 0.500. The third-order valence-electron chi connectivity index (χ3n) is 3.85. The van der Waals surface area contributed by atoms with Crippen LogP contribution in [-0.4, -0.2) is 28.9 Å². The Balaban J connectivity index is 1.72. The highest BCUT2D eigenvalue weighted by Crippen LogP contribution is 2.30. The average Bonchev–Trinajstić information content (AvgIpc) is 2.41. The molecule has 4 heteroatoms. The van der Waals surface area contributed by atoms with E-state index in [4.69, 9.17) is 0 Å². The summed E-state index contributed by atoms with van der Waals surface area (Å²) in [5, 5.41) is 12.6. The van der Waals surface area contributed by atoms with E-state index in [0.717, 1.165) is 24.8 Å². The van der Waals surface area contributed by atoms with Crippen molar-refractivity contribution in [2.24, 2.45) is 0 Å². The Hall–Kier alpha value is -1.68. The van der Waals surface area contributed by atoms with Gasteiger partial charge in [-0.15, -0.1) is 0 Å². The Morgan fingerprint density at radius 2 is 1.85 bits per heavy atom. The van der Waals surface area contributed by atoms with Gasteiger partial charge in [0, 0.05) is 24.9 Å². The number of rotatable bonds is 6. The van der Waals surface area contributed by atoms with Crippen LogP contribution >= 0.6 is 0 Å². The van der Waals surface area contributed by atoms with Crippen molar-refractivity contribution < 1.29 is 14.7 Å². The van der Waals surface area contributed by atoms with Crippen LogP contribution in [0.25, 0.3) is 0 Å². The highest BCUT2D eigenvalue weighted by atomic mass is 16.3. The van der Waals surface area contributed by atoms with Crippen LogP contribution < -0.4 is 5.32 Å². The summed E-state index contributed by atoms with van der Waals surface area (Å²) in [5.74, 6) is -0.201. The van der Waals surface area contributed by atoms with Crippen molar-refractivity contribution in [1.29, 1.82) is 0 Å². The molecule has 1 aromatic carbocycles. The molecule has 1 fully saturated rings. The Bertz CT molecular complexity index is 489. The van der Waals surface area contributed by atoms with Crippen molar-refractivity contribution >= 4 is 11.7 Å². The molecule has 108 valence electrons. The first-order valence-corrected chi connectivity index (χ1v) is 7.07. The van der Waals surface area contributed by atoms with Crippen molar-refractivity contribution in [2.45, 2.75) is 44.6 Å². The number of nitrogens with one attached hydrogen (secondary N) is 1. The van der Waals surface area contributed by atoms with Crippen LogP contribution in [0.15, 0.2) is 24.3 Å². The first-order chi connectivity index (χ1) is 9.48. The molecule has 1 aliphatic rings. The number of benzene rings is 1. The lowest BCUT2D eigenvalue weighted by Gasteiger charge is -2.36. The number of Topliss-reactive ketones (excluding diaryl/α,β-unsaturated/α-hetero) is 1. The molecule has 2 N–H and O–H groups in total. The van der Waals surface area contributed by atoms with Gasteiger partial charge in [0.25, 0.3) is 0 Å². The Kier molecular flexibility index (Phi) is 4.55. The van der Waals surface area contributed by atoms with Gasteiger partial charge in [-0.25, -0.2) is 0 Å². The van der Waals surface area contributed by atoms with Crippen LogP contribution in [0.1, 0.15) is 48.0 Å². The second kappa shape index (κ2) is 6.18. The third-order valence-corrected chi connectivity index (χ3v) is 3.85. The molecular formula is C16H21NO3. The zero-order valence-corrected chi connectivity index (χ0v) is 11.8. The van der Waals surface area contributed by atoms with Gasteiger partial charge in [0.15, 0.2) is 5.78 Å². The normalized spacial score (nSPS) is 16.3. The molecule has 0 bridgehead atoms. The van der Waals surface area contributed by atoms with Gasteiger partial charge < -0.3 is 10.4 Å². The van der Waals surface area contributed by atoms with E-state index in [2.05, 4.69) is 5.32 Å². The molecule has 2 rings (SSSR count). The number of aliphatic hydroxyl groups is 1. The van der Waals surface area contributed by atoms with E-state index in [1.807, 2.05) is 19.1 Å². The first-order valence-electron chi connectivity index (χ1n) is 7.07. The molecule has 20 heavy (non-hydrogen) atoms. The van der Waals surface area contributed by atoms with Crippen molar-refractivity contribution in [1.82, 2.24) is 5.32 Å². The summed E-state index contributed by atoms with van der Waals surface area (Å²) in [6, 6.07) is 7.35. The quantitative estimate of drug-likeness (QED) is 0.780. The Labute approximate surface area is 119 Å². The monoisotopic (exact) mass is 275 g/mol. The van der Waals surface area contributed by atoms with E-state index in [9.17, 15) is 14.7 Å². The van der Waals surface area contributed by atoms with Crippen molar-refractivity contribution in [3.05, 3.63) is 35.4 Å². The third kappa shape index (κ3) is 3.90. The molecule has 0 unspecified atom stereocenters. The summed E-state index contributed by atoms with van der Waals surface area (Å²) in [6.45, 7) is 2.26. The van der Waals surface area contributed by atoms with Crippen LogP contribution in [0.4, 0.5) is 0 Å². The molecule has 1 saturated carbocycles. The van der Waals surface area contributed by atoms with Crippen LogP contribution in [-0.2, 0) is 4.79 Å². The van der Waals surface area contributed by atoms with E-state index in [-0.39, 0.29) is 24.5 Å². The number of hydrogen-bond acceptors (Lipinski definition) is 3. The van der Waals surface area contributed by atoms with Crippen molar-refractivity contribution in [2.75, 3.05) is 6.54 Å². The van der Waals surface area contributed by atoms with Gasteiger partial charge in [0.05, 0.1) is 5.60 Å². The predicted octanol–water partition coefficient (Wildman–Crippen LogP) is 1.99. The minimum atomic E-state index is -0.712. The molecule has 0 heterocycles. The van der Waals surface area contributed by atoms with Crippen LogP contribution in [0.2, 0.25) is 0 Å². The zero-order valence-electron chi connectivity index (χ0n) is 11.8. The molecule has 0 saturated heterocycles. The SMILES string of the molecule is Cc1ccc(C(=O)CCC(=O)NCC2(O)CCC2)cc1. The minimum Gasteiger partial charge on any atom is -0.388 e. The Morgan fingerprint density at radius 3 is 2.40 bits per heavy atom. The van der Waals surface area contributed by atoms with Crippen molar-refractivity contribution in [3.8, 4) is 0 Å². The first kappa shape index (κ1) is 14.7. The highest BCUT2D eigenvalue weighted by molar-refractivity contribution is 5.97. The lowest BCUT2D eigenvalue weighted by Crippen LogP contribution is -2.47. The van der Waals surface area contributed by atoms with E-state index in [1.165, 1.54) is 0 Å². The maximum atomic E-state index is 11.9. The lowest BCUT2D eigenvalue weighted by atomic mass is 9.80. The van der Waals surface area contributed by atoms with Gasteiger partial charge in [0.1, 0.15) is 0 Å². The lowest BCUT2D eigenvalue weighted by molar-refractivity contribution is -0.123. The van der Waals surface area contributed by atoms with E-state index < -0.39 is 5.60 Å². The zero-order chi connectivity index (χ0) is 14.6. The standard InChI is InChI=1S/C16H21NO3/c1-12-3-5-13(6-4-12)14(18)7-8-15(19)17-11-16(20)9-2-10-16/h3-6,20H,2,7-11H2,1H3,(H,17,19). The summed E-state index contributed by atoms with van der Waals surface area (Å²) >= 11 is 0. The number of carbonyl (C=O) groups is 2. The fourth-order valence-corrected chi connectivity index (χ4v) is 2.22. The number of hydrogen-bond donors (Lipinski definition) is 2. The molecule has 4 nitrogen and oxygen atoms in total. The Morgan fingerprint density at radius 1 is 1.20 bits per heavy atom. The maximum absolute atomic E-state index is 11.9. The fourth-order valence-electron chi connectivity index (χ4n) is 2.22. The molecule has 0 aromatic heterocycles. The average molecular weight is 275 g/mol. The van der Waals surface area contributed by atoms with Crippen LogP contribution in [0.3, 0.4) is 0 Å². The van der Waals surface area contributed by atoms with Gasteiger partial charge in [-0.05, 0) is 26.2 Å². The van der Waals surface area contributed by atoms with Gasteiger partial charge in [-0.2, -0.15) is 0 Å². The van der Waals surface area contributed by atoms with Gasteiger partial charge in [-0.1, -0.05) is 29.8 Å². The summed E-state index contributed by atoms with van der Waals surface area (Å²) < 4.78 is 0. The van der Waals surface area contributed by atoms with Gasteiger partial charge in [-0.3, -0.25) is 9.59 Å². The number of aryl methyl sites for hydroxylation is 1. The predicted molar refractivity (Wildman–Crippen MR) is 76.6 cm³/mol. The van der Waals surface area contributed by atoms with E-state index in [0.29, 0.717) is 12.1 Å². The summed E-state index contributed by atoms with van der Waals surface area (Å²) in [7, 11) is 0. The molecule has 0 radical (unpaired) electrons. The largest absolute Gasteiger partial charge is 0.388 e. The topological polar surface area (TPSA) is 66.4 Å². The molecule has 0 aliphatic heterocycles. The molecule has 0 atom stereocenters. The minimum absolute atomic E-state index is 0.0255. The summed E-state index contributed by atoms with van der Waals surface area (Å²) in [4.78, 5) is 23.5. The number of amides is 1. The number of ketones is 1. The van der Waals surface area contributed by atoms with Gasteiger partial charge >= 0.3 is 0 Å². The molecule has 1 aliphatic carbocycles. The summed E-state index contributed by atoms with van der Waals surface area (Å²) in [5.41, 5.74) is 1.03. The molecule has 0 spiro atoms. The van der Waals surface area contributed by atoms with Crippen molar-refractivity contribution in [3.63, 3.8) is 0 Å². The molecule has 1 aromatic rings. The second-order valence-corrected chi connectivity index (χ2v) is 5.64.